The third kappa shape index (κ3) is 3.15. The summed E-state index contributed by atoms with van der Waals surface area (Å²) in [6.07, 6.45) is 0. The predicted octanol–water partition coefficient (Wildman–Crippen LogP) is 3.85. The van der Waals surface area contributed by atoms with Crippen molar-refractivity contribution < 1.29 is 9.53 Å². The van der Waals surface area contributed by atoms with E-state index in [4.69, 9.17) is 27.9 Å². The van der Waals surface area contributed by atoms with Crippen LogP contribution in [0.2, 0.25) is 0 Å². The molecule has 0 spiro atoms. The quantitative estimate of drug-likeness (QED) is 0.471. The van der Waals surface area contributed by atoms with Gasteiger partial charge in [0.25, 0.3) is 0 Å². The molecule has 0 heterocycles. The van der Waals surface area contributed by atoms with Crippen LogP contribution in [0.4, 0.5) is 0 Å². The van der Waals surface area contributed by atoms with Gasteiger partial charge < -0.3 is 4.74 Å². The number of ether oxygens (including phenoxy) is 1. The molecule has 0 N–H and O–H groups in total. The molecular formula is C9H7BrCl2O2. The molecule has 14 heavy (non-hydrogen) atoms. The predicted molar refractivity (Wildman–Crippen MR) is 59.9 cm³/mol. The molecule has 0 aliphatic carbocycles. The summed E-state index contributed by atoms with van der Waals surface area (Å²) in [4.78, 5) is 10.1. The average molecular weight is 298 g/mol. The zero-order valence-electron chi connectivity index (χ0n) is 7.26. The summed E-state index contributed by atoms with van der Waals surface area (Å²) in [5.41, 5.74) is 0.746. The molecule has 0 fully saturated rings. The van der Waals surface area contributed by atoms with E-state index in [9.17, 15) is 4.79 Å². The van der Waals surface area contributed by atoms with Crippen LogP contribution in [-0.4, -0.2) is 5.97 Å². The molecule has 5 heteroatoms. The van der Waals surface area contributed by atoms with Crippen LogP contribution < -0.4 is 4.74 Å². The molecule has 0 unspecified atom stereocenters. The largest absolute Gasteiger partial charge is 0.426 e. The summed E-state index contributed by atoms with van der Waals surface area (Å²) in [5, 5.41) is 0. The molecule has 0 atom stereocenters. The minimum Gasteiger partial charge on any atom is -0.426 e. The standard InChI is InChI=1S/C9H7BrCl2O2/c1-5(13)14-8-3-2-6(9(11)12)4-7(8)10/h2-4,9H,1H3. The third-order valence-corrected chi connectivity index (χ3v) is 2.59. The van der Waals surface area contributed by atoms with Gasteiger partial charge in [-0.05, 0) is 33.6 Å². The van der Waals surface area contributed by atoms with Gasteiger partial charge >= 0.3 is 5.97 Å². The van der Waals surface area contributed by atoms with Gasteiger partial charge in [0.15, 0.2) is 0 Å². The second-order valence-electron chi connectivity index (χ2n) is 2.58. The number of carbonyl (C=O) groups is 1. The fraction of sp³-hybridized carbons (Fsp3) is 0.222. The Morgan fingerprint density at radius 2 is 2.14 bits per heavy atom. The highest BCUT2D eigenvalue weighted by molar-refractivity contribution is 9.10. The summed E-state index contributed by atoms with van der Waals surface area (Å²) in [6.45, 7) is 1.34. The van der Waals surface area contributed by atoms with Gasteiger partial charge in [-0.3, -0.25) is 4.79 Å². The average Bonchev–Trinajstić information content (AvgIpc) is 2.07. The van der Waals surface area contributed by atoms with Crippen LogP contribution in [0, 0.1) is 0 Å². The Kier molecular flexibility index (Phi) is 4.23. The molecule has 0 saturated heterocycles. The van der Waals surface area contributed by atoms with Crippen molar-refractivity contribution in [2.24, 2.45) is 0 Å². The Morgan fingerprint density at radius 3 is 2.57 bits per heavy atom. The number of hydrogen-bond donors (Lipinski definition) is 0. The van der Waals surface area contributed by atoms with Gasteiger partial charge in [-0.25, -0.2) is 0 Å². The molecule has 2 nitrogen and oxygen atoms in total. The van der Waals surface area contributed by atoms with Crippen molar-refractivity contribution in [3.63, 3.8) is 0 Å². The lowest BCUT2D eigenvalue weighted by atomic mass is 10.2. The molecule has 0 aliphatic heterocycles. The molecule has 1 rings (SSSR count). The topological polar surface area (TPSA) is 26.3 Å². The fourth-order valence-corrected chi connectivity index (χ4v) is 1.64. The number of benzene rings is 1. The summed E-state index contributed by atoms with van der Waals surface area (Å²) in [6, 6.07) is 5.05. The molecule has 0 radical (unpaired) electrons. The molecule has 76 valence electrons. The zero-order valence-corrected chi connectivity index (χ0v) is 10.4. The van der Waals surface area contributed by atoms with Crippen molar-refractivity contribution >= 4 is 45.1 Å². The van der Waals surface area contributed by atoms with Crippen molar-refractivity contribution in [2.75, 3.05) is 0 Å². The number of carbonyl (C=O) groups excluding carboxylic acids is 1. The van der Waals surface area contributed by atoms with E-state index in [0.717, 1.165) is 5.56 Å². The lowest BCUT2D eigenvalue weighted by Crippen LogP contribution is -2.02. The van der Waals surface area contributed by atoms with Crippen molar-refractivity contribution in [2.45, 2.75) is 11.8 Å². The first-order valence-electron chi connectivity index (χ1n) is 3.76. The highest BCUT2D eigenvalue weighted by Crippen LogP contribution is 2.32. The van der Waals surface area contributed by atoms with Crippen molar-refractivity contribution in [1.29, 1.82) is 0 Å². The highest BCUT2D eigenvalue weighted by atomic mass is 79.9. The zero-order chi connectivity index (χ0) is 10.7. The van der Waals surface area contributed by atoms with E-state index in [0.29, 0.717) is 10.2 Å². The van der Waals surface area contributed by atoms with E-state index in [1.165, 1.54) is 6.92 Å². The first kappa shape index (κ1) is 11.8. The normalized spacial score (nSPS) is 10.4. The number of alkyl halides is 2. The van der Waals surface area contributed by atoms with Crippen LogP contribution in [-0.2, 0) is 4.79 Å². The Bertz CT molecular complexity index is 353. The number of hydrogen-bond acceptors (Lipinski definition) is 2. The van der Waals surface area contributed by atoms with E-state index >= 15 is 0 Å². The summed E-state index contributed by atoms with van der Waals surface area (Å²) in [7, 11) is 0. The number of rotatable bonds is 2. The van der Waals surface area contributed by atoms with Gasteiger partial charge in [0, 0.05) is 6.92 Å². The molecule has 1 aromatic carbocycles. The SMILES string of the molecule is CC(=O)Oc1ccc(C(Cl)Cl)cc1Br. The minimum absolute atomic E-state index is 0.369. The van der Waals surface area contributed by atoms with Crippen LogP contribution >= 0.6 is 39.1 Å². The van der Waals surface area contributed by atoms with Crippen molar-refractivity contribution in [3.05, 3.63) is 28.2 Å². The second kappa shape index (κ2) is 5.01. The third-order valence-electron chi connectivity index (χ3n) is 1.46. The lowest BCUT2D eigenvalue weighted by molar-refractivity contribution is -0.131. The molecule has 1 aromatic rings. The summed E-state index contributed by atoms with van der Waals surface area (Å²) in [5.74, 6) is 0.0852. The van der Waals surface area contributed by atoms with E-state index < -0.39 is 4.84 Å². The summed E-state index contributed by atoms with van der Waals surface area (Å²) >= 11 is 14.6. The van der Waals surface area contributed by atoms with E-state index in [-0.39, 0.29) is 5.97 Å². The fourth-order valence-electron chi connectivity index (χ4n) is 0.890. The molecular weight excluding hydrogens is 291 g/mol. The maximum Gasteiger partial charge on any atom is 0.308 e. The van der Waals surface area contributed by atoms with Crippen LogP contribution in [0.5, 0.6) is 5.75 Å². The summed E-state index contributed by atoms with van der Waals surface area (Å²) < 4.78 is 5.56. The van der Waals surface area contributed by atoms with E-state index in [1.54, 1.807) is 18.2 Å². The molecule has 0 aromatic heterocycles. The van der Waals surface area contributed by atoms with Crippen LogP contribution in [0.3, 0.4) is 0 Å². The monoisotopic (exact) mass is 296 g/mol. The minimum atomic E-state index is -0.585. The maximum atomic E-state index is 10.7. The first-order valence-corrected chi connectivity index (χ1v) is 5.43. The van der Waals surface area contributed by atoms with Gasteiger partial charge in [-0.15, -0.1) is 23.2 Å². The Balaban J connectivity index is 2.95. The van der Waals surface area contributed by atoms with Crippen molar-refractivity contribution in [1.82, 2.24) is 0 Å². The second-order valence-corrected chi connectivity index (χ2v) is 4.53. The maximum absolute atomic E-state index is 10.7. The molecule has 0 amide bonds. The van der Waals surface area contributed by atoms with E-state index in [1.807, 2.05) is 0 Å². The Morgan fingerprint density at radius 1 is 1.50 bits per heavy atom. The van der Waals surface area contributed by atoms with Gasteiger partial charge in [-0.1, -0.05) is 6.07 Å². The van der Waals surface area contributed by atoms with Gasteiger partial charge in [-0.2, -0.15) is 0 Å². The van der Waals surface area contributed by atoms with E-state index in [2.05, 4.69) is 15.9 Å². The van der Waals surface area contributed by atoms with Gasteiger partial charge in [0.05, 0.1) is 4.47 Å². The van der Waals surface area contributed by atoms with Crippen LogP contribution in [0.1, 0.15) is 17.3 Å². The first-order chi connectivity index (χ1) is 6.50. The van der Waals surface area contributed by atoms with Gasteiger partial charge in [0.2, 0.25) is 0 Å². The highest BCUT2D eigenvalue weighted by Gasteiger charge is 2.08. The lowest BCUT2D eigenvalue weighted by Gasteiger charge is -2.06. The molecule has 0 bridgehead atoms. The Labute approximate surface area is 100 Å². The molecule has 0 aliphatic rings. The van der Waals surface area contributed by atoms with Crippen LogP contribution in [0.25, 0.3) is 0 Å². The van der Waals surface area contributed by atoms with Crippen molar-refractivity contribution in [3.8, 4) is 5.75 Å². The smallest absolute Gasteiger partial charge is 0.308 e. The van der Waals surface area contributed by atoms with Gasteiger partial charge in [0.1, 0.15) is 10.6 Å². The molecule has 0 saturated carbocycles. The number of esters is 1. The Hall–Kier alpha value is -0.250. The number of halogens is 3. The van der Waals surface area contributed by atoms with Crippen LogP contribution in [0.15, 0.2) is 22.7 Å².